The molecule has 0 saturated heterocycles. The molecule has 0 amide bonds. The molecule has 0 spiro atoms. The van der Waals surface area contributed by atoms with Crippen molar-refractivity contribution in [3.8, 4) is 23.1 Å². The summed E-state index contributed by atoms with van der Waals surface area (Å²) >= 11 is 0. The third-order valence-corrected chi connectivity index (χ3v) is 4.45. The number of pyridine rings is 1. The topological polar surface area (TPSA) is 127 Å². The molecule has 0 atom stereocenters. The Morgan fingerprint density at radius 3 is 2.53 bits per heavy atom. The van der Waals surface area contributed by atoms with Gasteiger partial charge in [-0.3, -0.25) is 4.18 Å². The number of halogens is 3. The number of nitrogens with one attached hydrogen (secondary N) is 1. The highest BCUT2D eigenvalue weighted by atomic mass is 32.2. The van der Waals surface area contributed by atoms with Crippen LogP contribution in [-0.4, -0.2) is 39.9 Å². The van der Waals surface area contributed by atoms with E-state index in [0.29, 0.717) is 5.69 Å². The highest BCUT2D eigenvalue weighted by Crippen LogP contribution is 2.39. The van der Waals surface area contributed by atoms with E-state index in [1.807, 2.05) is 6.07 Å². The van der Waals surface area contributed by atoms with Gasteiger partial charge in [-0.15, -0.1) is 0 Å². The van der Waals surface area contributed by atoms with Gasteiger partial charge in [-0.25, -0.2) is 4.98 Å². The summed E-state index contributed by atoms with van der Waals surface area (Å²) in [7, 11) is -2.07. The van der Waals surface area contributed by atoms with E-state index in [1.165, 1.54) is 12.1 Å². The number of benzene rings is 1. The Morgan fingerprint density at radius 2 is 1.97 bits per heavy atom. The van der Waals surface area contributed by atoms with Gasteiger partial charge in [0.15, 0.2) is 5.69 Å². The Balaban J connectivity index is 2.32. The molecule has 1 aromatic heterocycles. The van der Waals surface area contributed by atoms with E-state index in [4.69, 9.17) is 15.7 Å². The highest BCUT2D eigenvalue weighted by molar-refractivity contribution is 7.85. The molecular weight excluding hydrogens is 425 g/mol. The molecule has 1 aromatic carbocycles. The lowest BCUT2D eigenvalue weighted by Crippen LogP contribution is -2.12. The van der Waals surface area contributed by atoms with E-state index in [2.05, 4.69) is 14.5 Å². The Kier molecular flexibility index (Phi) is 7.12. The van der Waals surface area contributed by atoms with Crippen molar-refractivity contribution in [2.45, 2.75) is 12.6 Å². The smallest absolute Gasteiger partial charge is 0.419 e. The van der Waals surface area contributed by atoms with Gasteiger partial charge >= 0.3 is 6.18 Å². The number of hydrogen-bond acceptors (Lipinski definition) is 8. The number of hydrogen-bond donors (Lipinski definition) is 2. The molecule has 162 valence electrons. The van der Waals surface area contributed by atoms with Gasteiger partial charge in [0.2, 0.25) is 0 Å². The Labute approximate surface area is 171 Å². The number of anilines is 2. The molecule has 30 heavy (non-hydrogen) atoms. The fraction of sp³-hybridized carbons (Fsp3) is 0.333. The van der Waals surface area contributed by atoms with Crippen molar-refractivity contribution in [2.24, 2.45) is 0 Å². The SMILES string of the molecule is CNc1cc(-c2ccc(OCCCOS(C)(=O)=O)c(C(F)(F)F)c2)nc(C#N)c1N. The molecular formula is C18H19F3N4O4S. The van der Waals surface area contributed by atoms with Gasteiger partial charge in [-0.1, -0.05) is 0 Å². The quantitative estimate of drug-likeness (QED) is 0.470. The van der Waals surface area contributed by atoms with Crippen LogP contribution in [0.4, 0.5) is 24.5 Å². The third-order valence-electron chi connectivity index (χ3n) is 3.86. The minimum absolute atomic E-state index is 0.0721. The normalized spacial score (nSPS) is 11.7. The van der Waals surface area contributed by atoms with Crippen LogP contribution in [0.15, 0.2) is 24.3 Å². The molecule has 3 N–H and O–H groups in total. The van der Waals surface area contributed by atoms with Crippen molar-refractivity contribution in [3.05, 3.63) is 35.5 Å². The zero-order chi connectivity index (χ0) is 22.5. The Hall–Kier alpha value is -3.04. The summed E-state index contributed by atoms with van der Waals surface area (Å²) in [4.78, 5) is 4.02. The number of nitriles is 1. The summed E-state index contributed by atoms with van der Waals surface area (Å²) in [5.41, 5.74) is 5.33. The van der Waals surface area contributed by atoms with E-state index >= 15 is 0 Å². The van der Waals surface area contributed by atoms with Gasteiger partial charge in [0, 0.05) is 19.0 Å². The molecule has 0 aliphatic heterocycles. The van der Waals surface area contributed by atoms with Crippen LogP contribution in [0.3, 0.4) is 0 Å². The van der Waals surface area contributed by atoms with Crippen LogP contribution in [0.25, 0.3) is 11.3 Å². The second kappa shape index (κ2) is 9.19. The first-order valence-corrected chi connectivity index (χ1v) is 10.3. The maximum Gasteiger partial charge on any atom is 0.419 e. The molecule has 0 radical (unpaired) electrons. The van der Waals surface area contributed by atoms with Gasteiger partial charge in [-0.05, 0) is 24.3 Å². The van der Waals surface area contributed by atoms with Crippen LogP contribution in [0, 0.1) is 11.3 Å². The van der Waals surface area contributed by atoms with Gasteiger partial charge < -0.3 is 15.8 Å². The van der Waals surface area contributed by atoms with Gasteiger partial charge in [0.1, 0.15) is 11.8 Å². The molecule has 0 aliphatic carbocycles. The standard InChI is InChI=1S/C18H19F3N4O4S/c1-24-14-9-13(25-15(10-22)17(14)23)11-4-5-16(12(8-11)18(19,20)21)28-6-3-7-29-30(2,26)27/h4-5,8-9H,3,6-7,23H2,1-2H3,(H,24,25). The minimum Gasteiger partial charge on any atom is -0.493 e. The first-order valence-electron chi connectivity index (χ1n) is 8.53. The maximum atomic E-state index is 13.5. The highest BCUT2D eigenvalue weighted by Gasteiger charge is 2.35. The van der Waals surface area contributed by atoms with Gasteiger partial charge in [0.05, 0.1) is 42.1 Å². The number of rotatable bonds is 8. The lowest BCUT2D eigenvalue weighted by molar-refractivity contribution is -0.138. The third kappa shape index (κ3) is 5.98. The second-order valence-electron chi connectivity index (χ2n) is 6.12. The number of aromatic nitrogens is 1. The van der Waals surface area contributed by atoms with E-state index in [1.54, 1.807) is 7.05 Å². The van der Waals surface area contributed by atoms with E-state index < -0.39 is 27.6 Å². The molecule has 0 bridgehead atoms. The van der Waals surface area contributed by atoms with E-state index in [9.17, 15) is 21.6 Å². The predicted octanol–water partition coefficient (Wildman–Crippen LogP) is 3.01. The van der Waals surface area contributed by atoms with Crippen LogP contribution < -0.4 is 15.8 Å². The summed E-state index contributed by atoms with van der Waals surface area (Å²) < 4.78 is 72.1. The second-order valence-corrected chi connectivity index (χ2v) is 7.76. The molecule has 0 saturated carbocycles. The van der Waals surface area contributed by atoms with Gasteiger partial charge in [0.25, 0.3) is 10.1 Å². The number of nitrogens with two attached hydrogens (primary N) is 1. The number of nitrogen functional groups attached to an aromatic ring is 1. The van der Waals surface area contributed by atoms with Crippen LogP contribution >= 0.6 is 0 Å². The van der Waals surface area contributed by atoms with Crippen LogP contribution in [-0.2, 0) is 20.5 Å². The fourth-order valence-corrected chi connectivity index (χ4v) is 2.90. The molecule has 2 rings (SSSR count). The summed E-state index contributed by atoms with van der Waals surface area (Å²) in [5.74, 6) is -0.421. The summed E-state index contributed by atoms with van der Waals surface area (Å²) in [6, 6.07) is 6.62. The molecule has 0 fully saturated rings. The molecule has 2 aromatic rings. The zero-order valence-electron chi connectivity index (χ0n) is 16.1. The number of alkyl halides is 3. The van der Waals surface area contributed by atoms with Crippen molar-refractivity contribution in [1.82, 2.24) is 4.98 Å². The van der Waals surface area contributed by atoms with Crippen LogP contribution in [0.1, 0.15) is 17.7 Å². The molecule has 1 heterocycles. The molecule has 0 unspecified atom stereocenters. The lowest BCUT2D eigenvalue weighted by atomic mass is 10.0. The number of nitrogens with zero attached hydrogens (tertiary/aromatic N) is 2. The van der Waals surface area contributed by atoms with Crippen LogP contribution in [0.2, 0.25) is 0 Å². The van der Waals surface area contributed by atoms with Gasteiger partial charge in [-0.2, -0.15) is 26.9 Å². The van der Waals surface area contributed by atoms with Crippen molar-refractivity contribution < 1.29 is 30.5 Å². The first-order chi connectivity index (χ1) is 14.0. The average molecular weight is 444 g/mol. The summed E-state index contributed by atoms with van der Waals surface area (Å²) in [6.45, 7) is -0.391. The minimum atomic E-state index is -4.72. The first kappa shape index (κ1) is 23.2. The van der Waals surface area contributed by atoms with Crippen LogP contribution in [0.5, 0.6) is 5.75 Å². The van der Waals surface area contributed by atoms with E-state index in [0.717, 1.165) is 18.4 Å². The van der Waals surface area contributed by atoms with Crippen molar-refractivity contribution in [1.29, 1.82) is 5.26 Å². The number of ether oxygens (including phenoxy) is 1. The Bertz CT molecular complexity index is 1070. The summed E-state index contributed by atoms with van der Waals surface area (Å²) in [5, 5.41) is 11.9. The van der Waals surface area contributed by atoms with Crippen molar-refractivity contribution in [3.63, 3.8) is 0 Å². The van der Waals surface area contributed by atoms with Crippen molar-refractivity contribution in [2.75, 3.05) is 37.6 Å². The average Bonchev–Trinajstić information content (AvgIpc) is 2.66. The predicted molar refractivity (Wildman–Crippen MR) is 104 cm³/mol. The molecule has 8 nitrogen and oxygen atoms in total. The largest absolute Gasteiger partial charge is 0.493 e. The Morgan fingerprint density at radius 1 is 1.27 bits per heavy atom. The molecule has 0 aliphatic rings. The monoisotopic (exact) mass is 444 g/mol. The van der Waals surface area contributed by atoms with E-state index in [-0.39, 0.29) is 42.3 Å². The fourth-order valence-electron chi connectivity index (χ4n) is 2.48. The molecule has 12 heteroatoms. The summed E-state index contributed by atoms with van der Waals surface area (Å²) in [6.07, 6.45) is -3.77. The lowest BCUT2D eigenvalue weighted by Gasteiger charge is -2.16. The maximum absolute atomic E-state index is 13.5. The van der Waals surface area contributed by atoms with Crippen molar-refractivity contribution >= 4 is 21.5 Å². The zero-order valence-corrected chi connectivity index (χ0v) is 16.9.